The van der Waals surface area contributed by atoms with E-state index in [1.54, 1.807) is 6.07 Å². The van der Waals surface area contributed by atoms with Crippen LogP contribution in [0.3, 0.4) is 0 Å². The zero-order valence-corrected chi connectivity index (χ0v) is 11.2. The Morgan fingerprint density at radius 1 is 1.21 bits per heavy atom. The Bertz CT molecular complexity index is 462. The molecule has 0 saturated carbocycles. The predicted molar refractivity (Wildman–Crippen MR) is 70.8 cm³/mol. The number of rotatable bonds is 7. The van der Waals surface area contributed by atoms with Crippen LogP contribution in [0.25, 0.3) is 0 Å². The molecule has 3 N–H and O–H groups in total. The van der Waals surface area contributed by atoms with E-state index in [-0.39, 0.29) is 23.5 Å². The van der Waals surface area contributed by atoms with Crippen LogP contribution < -0.4 is 5.90 Å². The monoisotopic (exact) mass is 285 g/mol. The topological polar surface area (TPSA) is 89.6 Å². The van der Waals surface area contributed by atoms with Gasteiger partial charge >= 0.3 is 5.97 Å². The molecule has 0 atom stereocenters. The van der Waals surface area contributed by atoms with Crippen molar-refractivity contribution >= 4 is 23.4 Å². The average Bonchev–Trinajstić information content (AvgIpc) is 2.37. The lowest BCUT2D eigenvalue weighted by Crippen LogP contribution is -2.09. The summed E-state index contributed by atoms with van der Waals surface area (Å²) in [6, 6.07) is 4.41. The first-order valence-corrected chi connectivity index (χ1v) is 6.33. The Hall–Kier alpha value is -1.59. The number of benzene rings is 1. The molecular formula is C13H16ClNO4. The van der Waals surface area contributed by atoms with Crippen molar-refractivity contribution in [1.82, 2.24) is 0 Å². The van der Waals surface area contributed by atoms with Gasteiger partial charge in [0.2, 0.25) is 0 Å². The summed E-state index contributed by atoms with van der Waals surface area (Å²) in [5.41, 5.74) is 0.269. The summed E-state index contributed by atoms with van der Waals surface area (Å²) in [6.45, 7) is 0. The van der Waals surface area contributed by atoms with Crippen molar-refractivity contribution in [2.24, 2.45) is 5.90 Å². The molecule has 1 rings (SSSR count). The van der Waals surface area contributed by atoms with Crippen LogP contribution in [0.2, 0.25) is 5.02 Å². The van der Waals surface area contributed by atoms with Gasteiger partial charge in [0, 0.05) is 17.9 Å². The smallest absolute Gasteiger partial charge is 0.324 e. The molecule has 1 aromatic carbocycles. The number of aromatic hydroxyl groups is 1. The van der Waals surface area contributed by atoms with Gasteiger partial charge < -0.3 is 9.94 Å². The zero-order chi connectivity index (χ0) is 14.3. The largest absolute Gasteiger partial charge is 0.507 e. The Kier molecular flexibility index (Phi) is 6.32. The van der Waals surface area contributed by atoms with Gasteiger partial charge in [-0.3, -0.25) is 9.59 Å². The molecule has 0 spiro atoms. The van der Waals surface area contributed by atoms with Crippen LogP contribution in [-0.2, 0) is 9.63 Å². The molecule has 0 aromatic heterocycles. The quantitative estimate of drug-likeness (QED) is 0.456. The summed E-state index contributed by atoms with van der Waals surface area (Å²) in [4.78, 5) is 26.6. The average molecular weight is 286 g/mol. The van der Waals surface area contributed by atoms with E-state index in [9.17, 15) is 14.7 Å². The molecule has 5 nitrogen and oxygen atoms in total. The first kappa shape index (κ1) is 15.5. The molecule has 0 amide bonds. The highest BCUT2D eigenvalue weighted by atomic mass is 35.5. The van der Waals surface area contributed by atoms with Crippen LogP contribution in [-0.4, -0.2) is 16.9 Å². The second-order valence-electron chi connectivity index (χ2n) is 4.14. The predicted octanol–water partition coefficient (Wildman–Crippen LogP) is 2.60. The number of Topliss-reactive ketones (excluding diaryl/α,β-unsaturated/α-hetero) is 1. The van der Waals surface area contributed by atoms with Gasteiger partial charge in [-0.05, 0) is 31.0 Å². The van der Waals surface area contributed by atoms with Crippen molar-refractivity contribution in [2.75, 3.05) is 0 Å². The molecule has 0 aliphatic carbocycles. The molecular weight excluding hydrogens is 270 g/mol. The van der Waals surface area contributed by atoms with Crippen molar-refractivity contribution in [3.63, 3.8) is 0 Å². The molecule has 0 radical (unpaired) electrons. The van der Waals surface area contributed by atoms with E-state index < -0.39 is 5.97 Å². The lowest BCUT2D eigenvalue weighted by atomic mass is 10.0. The van der Waals surface area contributed by atoms with Gasteiger partial charge in [-0.2, -0.15) is 5.90 Å². The van der Waals surface area contributed by atoms with E-state index in [4.69, 9.17) is 17.5 Å². The third-order valence-electron chi connectivity index (χ3n) is 2.68. The molecule has 0 aliphatic heterocycles. The van der Waals surface area contributed by atoms with E-state index in [0.29, 0.717) is 24.3 Å². The highest BCUT2D eigenvalue weighted by Crippen LogP contribution is 2.23. The summed E-state index contributed by atoms with van der Waals surface area (Å²) in [6.07, 6.45) is 2.54. The fourth-order valence-corrected chi connectivity index (χ4v) is 1.83. The number of hydrogen-bond acceptors (Lipinski definition) is 5. The molecule has 0 unspecified atom stereocenters. The van der Waals surface area contributed by atoms with Gasteiger partial charge in [0.05, 0.1) is 5.56 Å². The minimum atomic E-state index is -0.457. The minimum absolute atomic E-state index is 0.107. The highest BCUT2D eigenvalue weighted by Gasteiger charge is 2.11. The lowest BCUT2D eigenvalue weighted by Gasteiger charge is -2.04. The number of unbranched alkanes of at least 4 members (excludes halogenated alkanes) is 2. The Balaban J connectivity index is 2.33. The minimum Gasteiger partial charge on any atom is -0.507 e. The second kappa shape index (κ2) is 7.76. The summed E-state index contributed by atoms with van der Waals surface area (Å²) < 4.78 is 0. The van der Waals surface area contributed by atoms with E-state index in [1.165, 1.54) is 12.1 Å². The molecule has 0 bridgehead atoms. The number of ketones is 1. The normalized spacial score (nSPS) is 10.2. The van der Waals surface area contributed by atoms with Crippen molar-refractivity contribution < 1.29 is 19.5 Å². The Labute approximate surface area is 116 Å². The number of halogens is 1. The first-order chi connectivity index (χ1) is 9.04. The maximum absolute atomic E-state index is 11.8. The summed E-state index contributed by atoms with van der Waals surface area (Å²) >= 11 is 5.69. The van der Waals surface area contributed by atoms with Crippen molar-refractivity contribution in [2.45, 2.75) is 32.1 Å². The summed E-state index contributed by atoms with van der Waals surface area (Å²) in [5, 5.41) is 9.97. The number of phenols is 1. The van der Waals surface area contributed by atoms with Crippen molar-refractivity contribution in [3.05, 3.63) is 28.8 Å². The summed E-state index contributed by atoms with van der Waals surface area (Å²) in [7, 11) is 0. The highest BCUT2D eigenvalue weighted by molar-refractivity contribution is 6.30. The van der Waals surface area contributed by atoms with E-state index in [2.05, 4.69) is 4.84 Å². The number of carbonyl (C=O) groups is 2. The zero-order valence-electron chi connectivity index (χ0n) is 10.4. The number of hydrogen-bond donors (Lipinski definition) is 2. The van der Waals surface area contributed by atoms with Crippen LogP contribution in [0.5, 0.6) is 5.75 Å². The van der Waals surface area contributed by atoms with Gasteiger partial charge in [-0.25, -0.2) is 0 Å². The Morgan fingerprint density at radius 3 is 2.53 bits per heavy atom. The van der Waals surface area contributed by atoms with E-state index in [1.807, 2.05) is 0 Å². The van der Waals surface area contributed by atoms with Gasteiger partial charge in [-0.15, -0.1) is 0 Å². The van der Waals surface area contributed by atoms with E-state index in [0.717, 1.165) is 6.42 Å². The van der Waals surface area contributed by atoms with Crippen molar-refractivity contribution in [3.8, 4) is 5.75 Å². The molecule has 0 heterocycles. The summed E-state index contributed by atoms with van der Waals surface area (Å²) in [5.74, 6) is 3.99. The number of phenolic OH excluding ortho intramolecular Hbond substituents is 1. The number of carbonyl (C=O) groups excluding carboxylic acids is 2. The molecule has 104 valence electrons. The van der Waals surface area contributed by atoms with E-state index >= 15 is 0 Å². The van der Waals surface area contributed by atoms with Crippen LogP contribution in [0.15, 0.2) is 18.2 Å². The Morgan fingerprint density at radius 2 is 1.89 bits per heavy atom. The third-order valence-corrected chi connectivity index (χ3v) is 2.91. The second-order valence-corrected chi connectivity index (χ2v) is 4.57. The third kappa shape index (κ3) is 5.28. The van der Waals surface area contributed by atoms with Gasteiger partial charge in [-0.1, -0.05) is 18.0 Å². The van der Waals surface area contributed by atoms with Gasteiger partial charge in [0.1, 0.15) is 5.75 Å². The van der Waals surface area contributed by atoms with Crippen LogP contribution in [0, 0.1) is 0 Å². The fourth-order valence-electron chi connectivity index (χ4n) is 1.67. The fraction of sp³-hybridized carbons (Fsp3) is 0.385. The molecule has 1 aromatic rings. The SMILES string of the molecule is NOC(=O)CCCCCC(=O)c1ccc(Cl)cc1O. The van der Waals surface area contributed by atoms with Gasteiger partial charge in [0.25, 0.3) is 0 Å². The number of nitrogens with two attached hydrogens (primary N) is 1. The molecule has 0 saturated heterocycles. The maximum atomic E-state index is 11.8. The van der Waals surface area contributed by atoms with Crippen molar-refractivity contribution in [1.29, 1.82) is 0 Å². The van der Waals surface area contributed by atoms with Gasteiger partial charge in [0.15, 0.2) is 5.78 Å². The first-order valence-electron chi connectivity index (χ1n) is 5.96. The van der Waals surface area contributed by atoms with Crippen LogP contribution in [0.1, 0.15) is 42.5 Å². The molecule has 0 aliphatic rings. The maximum Gasteiger partial charge on any atom is 0.324 e. The van der Waals surface area contributed by atoms with Crippen LogP contribution in [0.4, 0.5) is 0 Å². The molecule has 19 heavy (non-hydrogen) atoms. The standard InChI is InChI=1S/C13H16ClNO4/c14-9-6-7-10(12(17)8-9)11(16)4-2-1-3-5-13(18)19-15/h6-8,17H,1-5,15H2. The molecule has 0 fully saturated rings. The molecule has 6 heteroatoms. The van der Waals surface area contributed by atoms with Crippen LogP contribution >= 0.6 is 11.6 Å². The lowest BCUT2D eigenvalue weighted by molar-refractivity contribution is -0.144.